The first-order valence-corrected chi connectivity index (χ1v) is 6.44. The second-order valence-electron chi connectivity index (χ2n) is 5.75. The fourth-order valence-corrected chi connectivity index (χ4v) is 2.05. The summed E-state index contributed by atoms with van der Waals surface area (Å²) < 4.78 is 5.63. The van der Waals surface area contributed by atoms with E-state index in [0.29, 0.717) is 18.5 Å². The quantitative estimate of drug-likeness (QED) is 0.832. The maximum atomic E-state index is 9.27. The topological polar surface area (TPSA) is 74.4 Å². The van der Waals surface area contributed by atoms with Gasteiger partial charge in [0.15, 0.2) is 0 Å². The molecule has 102 valence electrons. The second-order valence-corrected chi connectivity index (χ2v) is 5.75. The summed E-state index contributed by atoms with van der Waals surface area (Å²) in [6.45, 7) is 7.84. The summed E-state index contributed by atoms with van der Waals surface area (Å²) in [5.74, 6) is 0.587. The third kappa shape index (κ3) is 3.20. The van der Waals surface area contributed by atoms with Crippen molar-refractivity contribution in [2.45, 2.75) is 51.7 Å². The smallest absolute Gasteiger partial charge is 0.318 e. The minimum Gasteiger partial charge on any atom is -0.407 e. The second kappa shape index (κ2) is 5.24. The maximum absolute atomic E-state index is 9.27. The van der Waals surface area contributed by atoms with Crippen molar-refractivity contribution in [3.05, 3.63) is 5.89 Å². The van der Waals surface area contributed by atoms with Gasteiger partial charge in [0.2, 0.25) is 5.89 Å². The molecule has 1 saturated heterocycles. The standard InChI is InChI=1S/C12H22N4O2/c1-12(2,3)13-7-10-14-15-11(18-10)16-6-4-5-9(16)8-17/h9,13,17H,4-8H2,1-3H3. The van der Waals surface area contributed by atoms with Crippen molar-refractivity contribution in [3.63, 3.8) is 0 Å². The Morgan fingerprint density at radius 1 is 1.44 bits per heavy atom. The van der Waals surface area contributed by atoms with Crippen molar-refractivity contribution in [2.75, 3.05) is 18.1 Å². The van der Waals surface area contributed by atoms with Gasteiger partial charge in [0, 0.05) is 12.1 Å². The van der Waals surface area contributed by atoms with Crippen molar-refractivity contribution in [1.29, 1.82) is 0 Å². The van der Waals surface area contributed by atoms with E-state index in [2.05, 4.69) is 36.3 Å². The Bertz CT molecular complexity index is 386. The molecule has 0 aliphatic carbocycles. The van der Waals surface area contributed by atoms with E-state index in [4.69, 9.17) is 4.42 Å². The van der Waals surface area contributed by atoms with Crippen LogP contribution >= 0.6 is 0 Å². The number of anilines is 1. The number of nitrogens with one attached hydrogen (secondary N) is 1. The lowest BCUT2D eigenvalue weighted by atomic mass is 10.1. The maximum Gasteiger partial charge on any atom is 0.318 e. The van der Waals surface area contributed by atoms with E-state index in [-0.39, 0.29) is 18.2 Å². The molecule has 2 rings (SSSR count). The van der Waals surface area contributed by atoms with Crippen molar-refractivity contribution in [1.82, 2.24) is 15.5 Å². The van der Waals surface area contributed by atoms with Gasteiger partial charge in [0.25, 0.3) is 0 Å². The van der Waals surface area contributed by atoms with Crippen LogP contribution in [0.25, 0.3) is 0 Å². The number of aliphatic hydroxyl groups excluding tert-OH is 1. The van der Waals surface area contributed by atoms with Gasteiger partial charge in [-0.15, -0.1) is 5.10 Å². The number of hydrogen-bond acceptors (Lipinski definition) is 6. The van der Waals surface area contributed by atoms with Crippen LogP contribution in [0.4, 0.5) is 6.01 Å². The molecule has 1 unspecified atom stereocenters. The largest absolute Gasteiger partial charge is 0.407 e. The summed E-state index contributed by atoms with van der Waals surface area (Å²) in [7, 11) is 0. The van der Waals surface area contributed by atoms with Crippen LogP contribution in [0, 0.1) is 0 Å². The summed E-state index contributed by atoms with van der Waals surface area (Å²) in [5.41, 5.74) is 0.0237. The highest BCUT2D eigenvalue weighted by Gasteiger charge is 2.28. The first kappa shape index (κ1) is 13.3. The van der Waals surface area contributed by atoms with Gasteiger partial charge in [-0.2, -0.15) is 0 Å². The average Bonchev–Trinajstić information content (AvgIpc) is 2.93. The molecule has 1 atom stereocenters. The van der Waals surface area contributed by atoms with Gasteiger partial charge in [0.1, 0.15) is 0 Å². The van der Waals surface area contributed by atoms with Gasteiger partial charge in [-0.3, -0.25) is 0 Å². The highest BCUT2D eigenvalue weighted by molar-refractivity contribution is 5.28. The van der Waals surface area contributed by atoms with E-state index in [1.807, 2.05) is 4.90 Å². The molecule has 6 nitrogen and oxygen atoms in total. The molecule has 1 aliphatic heterocycles. The Hall–Kier alpha value is -1.14. The van der Waals surface area contributed by atoms with Crippen LogP contribution in [-0.4, -0.2) is 40.0 Å². The zero-order valence-corrected chi connectivity index (χ0v) is 11.3. The van der Waals surface area contributed by atoms with E-state index in [0.717, 1.165) is 19.4 Å². The van der Waals surface area contributed by atoms with Crippen LogP contribution in [0.1, 0.15) is 39.5 Å². The summed E-state index contributed by atoms with van der Waals surface area (Å²) in [4.78, 5) is 1.99. The summed E-state index contributed by atoms with van der Waals surface area (Å²) in [5, 5.41) is 20.7. The molecule has 0 aromatic carbocycles. The molecule has 1 aromatic rings. The van der Waals surface area contributed by atoms with Crippen LogP contribution in [0.15, 0.2) is 4.42 Å². The number of nitrogens with zero attached hydrogens (tertiary/aromatic N) is 3. The molecule has 0 radical (unpaired) electrons. The Kier molecular flexibility index (Phi) is 3.87. The zero-order chi connectivity index (χ0) is 13.2. The van der Waals surface area contributed by atoms with Crippen LogP contribution in [0.5, 0.6) is 0 Å². The molecule has 6 heteroatoms. The SMILES string of the molecule is CC(C)(C)NCc1nnc(N2CCCC2CO)o1. The Labute approximate surface area is 107 Å². The molecular weight excluding hydrogens is 232 g/mol. The molecular formula is C12H22N4O2. The number of rotatable bonds is 4. The predicted octanol–water partition coefficient (Wildman–Crippen LogP) is 0.919. The monoisotopic (exact) mass is 254 g/mol. The molecule has 0 amide bonds. The lowest BCUT2D eigenvalue weighted by Gasteiger charge is -2.20. The Morgan fingerprint density at radius 2 is 2.22 bits per heavy atom. The minimum absolute atomic E-state index is 0.0237. The Balaban J connectivity index is 1.97. The normalized spacial score (nSPS) is 20.7. The van der Waals surface area contributed by atoms with Gasteiger partial charge in [0.05, 0.1) is 19.2 Å². The fraction of sp³-hybridized carbons (Fsp3) is 0.833. The minimum atomic E-state index is 0.0237. The van der Waals surface area contributed by atoms with Crippen molar-refractivity contribution in [3.8, 4) is 0 Å². The van der Waals surface area contributed by atoms with Gasteiger partial charge in [-0.25, -0.2) is 0 Å². The lowest BCUT2D eigenvalue weighted by Crippen LogP contribution is -2.35. The van der Waals surface area contributed by atoms with Crippen molar-refractivity contribution >= 4 is 6.01 Å². The fourth-order valence-electron chi connectivity index (χ4n) is 2.05. The number of hydrogen-bond donors (Lipinski definition) is 2. The van der Waals surface area contributed by atoms with E-state index < -0.39 is 0 Å². The Morgan fingerprint density at radius 3 is 2.89 bits per heavy atom. The third-order valence-corrected chi connectivity index (χ3v) is 3.06. The van der Waals surface area contributed by atoms with Crippen LogP contribution < -0.4 is 10.2 Å². The molecule has 2 N–H and O–H groups in total. The van der Waals surface area contributed by atoms with Gasteiger partial charge < -0.3 is 19.7 Å². The van der Waals surface area contributed by atoms with Crippen LogP contribution in [-0.2, 0) is 6.54 Å². The van der Waals surface area contributed by atoms with Crippen LogP contribution in [0.3, 0.4) is 0 Å². The molecule has 1 fully saturated rings. The van der Waals surface area contributed by atoms with Gasteiger partial charge >= 0.3 is 6.01 Å². The molecule has 0 bridgehead atoms. The van der Waals surface area contributed by atoms with Gasteiger partial charge in [-0.1, -0.05) is 5.10 Å². The third-order valence-electron chi connectivity index (χ3n) is 3.06. The van der Waals surface area contributed by atoms with E-state index in [9.17, 15) is 5.11 Å². The van der Waals surface area contributed by atoms with Gasteiger partial charge in [-0.05, 0) is 33.6 Å². The summed E-state index contributed by atoms with van der Waals surface area (Å²) in [6.07, 6.45) is 2.04. The van der Waals surface area contributed by atoms with E-state index >= 15 is 0 Å². The molecule has 1 aromatic heterocycles. The van der Waals surface area contributed by atoms with Crippen molar-refractivity contribution in [2.24, 2.45) is 0 Å². The molecule has 0 saturated carbocycles. The summed E-state index contributed by atoms with van der Waals surface area (Å²) >= 11 is 0. The lowest BCUT2D eigenvalue weighted by molar-refractivity contribution is 0.262. The first-order chi connectivity index (χ1) is 8.49. The average molecular weight is 254 g/mol. The van der Waals surface area contributed by atoms with E-state index in [1.54, 1.807) is 0 Å². The highest BCUT2D eigenvalue weighted by Crippen LogP contribution is 2.23. The molecule has 2 heterocycles. The molecule has 18 heavy (non-hydrogen) atoms. The number of aliphatic hydroxyl groups is 1. The number of aromatic nitrogens is 2. The van der Waals surface area contributed by atoms with E-state index in [1.165, 1.54) is 0 Å². The summed E-state index contributed by atoms with van der Waals surface area (Å²) in [6, 6.07) is 0.645. The van der Waals surface area contributed by atoms with Crippen LogP contribution in [0.2, 0.25) is 0 Å². The zero-order valence-electron chi connectivity index (χ0n) is 11.3. The molecule has 1 aliphatic rings. The predicted molar refractivity (Wildman–Crippen MR) is 68.3 cm³/mol. The highest BCUT2D eigenvalue weighted by atomic mass is 16.4. The van der Waals surface area contributed by atoms with Crippen molar-refractivity contribution < 1.29 is 9.52 Å². The molecule has 0 spiro atoms. The first-order valence-electron chi connectivity index (χ1n) is 6.44.